The predicted molar refractivity (Wildman–Crippen MR) is 101 cm³/mol. The van der Waals surface area contributed by atoms with Gasteiger partial charge < -0.3 is 19.5 Å². The lowest BCUT2D eigenvalue weighted by Crippen LogP contribution is -2.23. The second-order valence-corrected chi connectivity index (χ2v) is 6.52. The molecule has 0 bridgehead atoms. The molecule has 2 aromatic carbocycles. The Kier molecular flexibility index (Phi) is 6.18. The van der Waals surface area contributed by atoms with Gasteiger partial charge in [-0.1, -0.05) is 30.3 Å². The van der Waals surface area contributed by atoms with E-state index in [1.165, 1.54) is 0 Å². The van der Waals surface area contributed by atoms with Crippen LogP contribution in [0.25, 0.3) is 0 Å². The first kappa shape index (κ1) is 17.6. The molecule has 2 unspecified atom stereocenters. The molecule has 2 atom stereocenters. The summed E-state index contributed by atoms with van der Waals surface area (Å²) in [5.41, 5.74) is 2.13. The van der Waals surface area contributed by atoms with Crippen LogP contribution in [-0.2, 0) is 4.74 Å². The molecular weight excluding hydrogens is 314 g/mol. The first-order valence-electron chi connectivity index (χ1n) is 9.02. The quantitative estimate of drug-likeness (QED) is 0.771. The van der Waals surface area contributed by atoms with Crippen molar-refractivity contribution >= 4 is 5.69 Å². The number of anilines is 1. The monoisotopic (exact) mass is 341 g/mol. The van der Waals surface area contributed by atoms with Crippen LogP contribution < -0.4 is 14.8 Å². The van der Waals surface area contributed by atoms with Crippen molar-refractivity contribution in [3.05, 3.63) is 54.1 Å². The molecule has 4 nitrogen and oxygen atoms in total. The van der Waals surface area contributed by atoms with Crippen LogP contribution in [0.15, 0.2) is 48.5 Å². The third-order valence-corrected chi connectivity index (χ3v) is 4.34. The molecule has 1 heterocycles. The van der Waals surface area contributed by atoms with Crippen molar-refractivity contribution in [3.8, 4) is 11.5 Å². The van der Waals surface area contributed by atoms with Crippen LogP contribution in [0.4, 0.5) is 5.69 Å². The largest absolute Gasteiger partial charge is 0.489 e. The van der Waals surface area contributed by atoms with Crippen molar-refractivity contribution in [3.63, 3.8) is 0 Å². The van der Waals surface area contributed by atoms with Gasteiger partial charge in [0.2, 0.25) is 0 Å². The van der Waals surface area contributed by atoms with E-state index >= 15 is 0 Å². The van der Waals surface area contributed by atoms with E-state index in [9.17, 15) is 0 Å². The van der Waals surface area contributed by atoms with Gasteiger partial charge in [-0.15, -0.1) is 0 Å². The summed E-state index contributed by atoms with van der Waals surface area (Å²) in [6.45, 7) is 6.28. The van der Waals surface area contributed by atoms with E-state index in [2.05, 4.69) is 25.2 Å². The van der Waals surface area contributed by atoms with Gasteiger partial charge in [-0.3, -0.25) is 0 Å². The highest BCUT2D eigenvalue weighted by Gasteiger charge is 2.17. The molecule has 4 heteroatoms. The number of hydrogen-bond donors (Lipinski definition) is 1. The average Bonchev–Trinajstić information content (AvgIpc) is 3.14. The Balaban J connectivity index is 1.52. The molecule has 0 spiro atoms. The van der Waals surface area contributed by atoms with Crippen LogP contribution in [0, 0.1) is 6.92 Å². The highest BCUT2D eigenvalue weighted by molar-refractivity contribution is 5.56. The highest BCUT2D eigenvalue weighted by Crippen LogP contribution is 2.25. The van der Waals surface area contributed by atoms with Crippen LogP contribution >= 0.6 is 0 Å². The number of ether oxygens (including phenoxy) is 3. The summed E-state index contributed by atoms with van der Waals surface area (Å²) in [5, 5.41) is 3.44. The summed E-state index contributed by atoms with van der Waals surface area (Å²) < 4.78 is 17.6. The Labute approximate surface area is 150 Å². The maximum Gasteiger partial charge on any atom is 0.142 e. The molecule has 0 radical (unpaired) electrons. The molecule has 1 aliphatic heterocycles. The molecule has 1 aliphatic rings. The van der Waals surface area contributed by atoms with E-state index in [-0.39, 0.29) is 12.2 Å². The summed E-state index contributed by atoms with van der Waals surface area (Å²) in [6.07, 6.45) is 2.47. The van der Waals surface area contributed by atoms with Crippen molar-refractivity contribution in [2.24, 2.45) is 0 Å². The van der Waals surface area contributed by atoms with E-state index in [4.69, 9.17) is 14.2 Å². The number of benzene rings is 2. The van der Waals surface area contributed by atoms with Crippen molar-refractivity contribution in [1.29, 1.82) is 0 Å². The van der Waals surface area contributed by atoms with Crippen LogP contribution in [0.3, 0.4) is 0 Å². The lowest BCUT2D eigenvalue weighted by Gasteiger charge is -2.19. The second-order valence-electron chi connectivity index (χ2n) is 6.52. The molecule has 3 rings (SSSR count). The molecule has 0 aliphatic carbocycles. The number of para-hydroxylation sites is 3. The minimum atomic E-state index is 0.0484. The predicted octanol–water partition coefficient (Wildman–Crippen LogP) is 4.43. The minimum Gasteiger partial charge on any atom is -0.489 e. The van der Waals surface area contributed by atoms with E-state index in [1.54, 1.807) is 0 Å². The fourth-order valence-electron chi connectivity index (χ4n) is 2.90. The Morgan fingerprint density at radius 1 is 1.12 bits per heavy atom. The molecule has 1 saturated heterocycles. The van der Waals surface area contributed by atoms with Gasteiger partial charge in [0.25, 0.3) is 0 Å². The summed E-state index contributed by atoms with van der Waals surface area (Å²) >= 11 is 0. The van der Waals surface area contributed by atoms with Gasteiger partial charge in [-0.25, -0.2) is 0 Å². The Bertz CT molecular complexity index is 668. The zero-order chi connectivity index (χ0) is 17.5. The third-order valence-electron chi connectivity index (χ3n) is 4.34. The first-order valence-corrected chi connectivity index (χ1v) is 9.02. The smallest absolute Gasteiger partial charge is 0.142 e. The highest BCUT2D eigenvalue weighted by atomic mass is 16.5. The van der Waals surface area contributed by atoms with Gasteiger partial charge in [0, 0.05) is 6.61 Å². The van der Waals surface area contributed by atoms with E-state index < -0.39 is 0 Å². The van der Waals surface area contributed by atoms with Crippen molar-refractivity contribution in [2.45, 2.75) is 38.9 Å². The number of nitrogens with one attached hydrogen (secondary N) is 1. The molecule has 1 N–H and O–H groups in total. The molecule has 25 heavy (non-hydrogen) atoms. The standard InChI is InChI=1S/C21H27NO3/c1-16-8-3-5-11-20(16)25-17(2)14-22-19-10-4-6-12-21(19)24-15-18-9-7-13-23-18/h3-6,8,10-12,17-18,22H,7,9,13-15H2,1-2H3. The molecule has 2 aromatic rings. The maximum absolute atomic E-state index is 6.02. The Morgan fingerprint density at radius 2 is 1.88 bits per heavy atom. The topological polar surface area (TPSA) is 39.7 Å². The molecular formula is C21H27NO3. The van der Waals surface area contributed by atoms with Gasteiger partial charge in [-0.2, -0.15) is 0 Å². The van der Waals surface area contributed by atoms with Crippen molar-refractivity contribution in [1.82, 2.24) is 0 Å². The lowest BCUT2D eigenvalue weighted by atomic mass is 10.2. The van der Waals surface area contributed by atoms with Gasteiger partial charge in [0.1, 0.15) is 24.2 Å². The van der Waals surface area contributed by atoms with Gasteiger partial charge in [-0.05, 0) is 50.5 Å². The summed E-state index contributed by atoms with van der Waals surface area (Å²) in [4.78, 5) is 0. The Hall–Kier alpha value is -2.20. The second kappa shape index (κ2) is 8.77. The lowest BCUT2D eigenvalue weighted by molar-refractivity contribution is 0.0682. The number of hydrogen-bond acceptors (Lipinski definition) is 4. The fraction of sp³-hybridized carbons (Fsp3) is 0.429. The van der Waals surface area contributed by atoms with Crippen LogP contribution in [0.5, 0.6) is 11.5 Å². The first-order chi connectivity index (χ1) is 12.2. The zero-order valence-electron chi connectivity index (χ0n) is 15.0. The van der Waals surface area contributed by atoms with E-state index in [0.717, 1.165) is 42.2 Å². The average molecular weight is 341 g/mol. The Morgan fingerprint density at radius 3 is 2.64 bits per heavy atom. The minimum absolute atomic E-state index is 0.0484. The summed E-state index contributed by atoms with van der Waals surface area (Å²) in [5.74, 6) is 1.79. The van der Waals surface area contributed by atoms with Crippen molar-refractivity contribution < 1.29 is 14.2 Å². The van der Waals surface area contributed by atoms with Gasteiger partial charge >= 0.3 is 0 Å². The normalized spacial score (nSPS) is 17.9. The van der Waals surface area contributed by atoms with E-state index in [0.29, 0.717) is 13.2 Å². The summed E-state index contributed by atoms with van der Waals surface area (Å²) in [6, 6.07) is 16.1. The van der Waals surface area contributed by atoms with Crippen molar-refractivity contribution in [2.75, 3.05) is 25.1 Å². The molecule has 134 valence electrons. The zero-order valence-corrected chi connectivity index (χ0v) is 15.0. The van der Waals surface area contributed by atoms with E-state index in [1.807, 2.05) is 42.5 Å². The number of rotatable bonds is 8. The van der Waals surface area contributed by atoms with Gasteiger partial charge in [0.15, 0.2) is 0 Å². The maximum atomic E-state index is 6.02. The van der Waals surface area contributed by atoms with Gasteiger partial charge in [0.05, 0.1) is 18.3 Å². The van der Waals surface area contributed by atoms with Crippen LogP contribution in [0.1, 0.15) is 25.3 Å². The molecule has 1 fully saturated rings. The van der Waals surface area contributed by atoms with Crippen LogP contribution in [-0.4, -0.2) is 32.0 Å². The fourth-order valence-corrected chi connectivity index (χ4v) is 2.90. The summed E-state index contributed by atoms with van der Waals surface area (Å²) in [7, 11) is 0. The molecule has 0 saturated carbocycles. The third kappa shape index (κ3) is 5.13. The molecule has 0 aromatic heterocycles. The van der Waals surface area contributed by atoms with Crippen LogP contribution in [0.2, 0.25) is 0 Å². The SMILES string of the molecule is Cc1ccccc1OC(C)CNc1ccccc1OCC1CCCO1. The number of aryl methyl sites for hydroxylation is 1. The molecule has 0 amide bonds.